The Balaban J connectivity index is 2.31. The molecular weight excluding hydrogens is 239 g/mol. The molecule has 6 heteroatoms. The van der Waals surface area contributed by atoms with Crippen molar-refractivity contribution in [3.8, 4) is 0 Å². The molecule has 4 nitrogen and oxygen atoms in total. The Bertz CT molecular complexity index is 533. The van der Waals surface area contributed by atoms with Gasteiger partial charge < -0.3 is 0 Å². The Morgan fingerprint density at radius 2 is 2.20 bits per heavy atom. The fourth-order valence-corrected chi connectivity index (χ4v) is 1.57. The molecule has 1 heterocycles. The summed E-state index contributed by atoms with van der Waals surface area (Å²) in [5.41, 5.74) is 0.786. The van der Waals surface area contributed by atoms with Gasteiger partial charge in [0, 0.05) is 16.5 Å². The monoisotopic (exact) mass is 244 g/mol. The molecule has 0 saturated carbocycles. The zero-order valence-corrected chi connectivity index (χ0v) is 8.97. The van der Waals surface area contributed by atoms with Crippen molar-refractivity contribution in [2.24, 2.45) is 0 Å². The highest BCUT2D eigenvalue weighted by Gasteiger charge is 2.06. The number of H-pyrrole nitrogens is 1. The average Bonchev–Trinajstić information content (AvgIpc) is 2.58. The maximum Gasteiger partial charge on any atom is 0.438 e. The topological polar surface area (TPSA) is 58.9 Å². The van der Waals surface area contributed by atoms with Gasteiger partial charge in [-0.15, -0.1) is 0 Å². The van der Waals surface area contributed by atoms with Crippen molar-refractivity contribution in [1.82, 2.24) is 10.1 Å². The standard InChI is InChI=1S/C9H6Cl2N2O2/c10-6-1-2-7(11)5(3-6)4-8-12-9(14)15-13-8/h1-3H,4H2,(H,12,13,14). The first-order chi connectivity index (χ1) is 7.15. The predicted octanol–water partition coefficient (Wildman–Crippen LogP) is 2.26. The van der Waals surface area contributed by atoms with Crippen LogP contribution < -0.4 is 5.76 Å². The van der Waals surface area contributed by atoms with Crippen LogP contribution in [0.5, 0.6) is 0 Å². The van der Waals surface area contributed by atoms with Gasteiger partial charge >= 0.3 is 5.76 Å². The van der Waals surface area contributed by atoms with E-state index in [9.17, 15) is 4.79 Å². The number of benzene rings is 1. The summed E-state index contributed by atoms with van der Waals surface area (Å²) in [6.07, 6.45) is 0.380. The molecule has 15 heavy (non-hydrogen) atoms. The van der Waals surface area contributed by atoms with E-state index in [0.29, 0.717) is 22.3 Å². The second kappa shape index (κ2) is 4.08. The molecule has 1 aromatic carbocycles. The van der Waals surface area contributed by atoms with Crippen LogP contribution in [-0.2, 0) is 6.42 Å². The second-order valence-electron chi connectivity index (χ2n) is 2.95. The summed E-state index contributed by atoms with van der Waals surface area (Å²) in [6, 6.07) is 5.10. The first-order valence-corrected chi connectivity index (χ1v) is 4.89. The van der Waals surface area contributed by atoms with E-state index in [4.69, 9.17) is 23.2 Å². The van der Waals surface area contributed by atoms with Gasteiger partial charge in [-0.05, 0) is 23.8 Å². The Labute approximate surface area is 94.8 Å². The van der Waals surface area contributed by atoms with Crippen molar-refractivity contribution >= 4 is 23.2 Å². The lowest BCUT2D eigenvalue weighted by atomic mass is 10.1. The van der Waals surface area contributed by atoms with Crippen LogP contribution in [-0.4, -0.2) is 10.1 Å². The number of aromatic amines is 1. The van der Waals surface area contributed by atoms with Gasteiger partial charge in [0.1, 0.15) is 0 Å². The number of aromatic nitrogens is 2. The lowest BCUT2D eigenvalue weighted by Crippen LogP contribution is -1.98. The molecule has 78 valence electrons. The predicted molar refractivity (Wildman–Crippen MR) is 56.4 cm³/mol. The fraction of sp³-hybridized carbons (Fsp3) is 0.111. The zero-order valence-electron chi connectivity index (χ0n) is 7.46. The molecular formula is C9H6Cl2N2O2. The molecule has 1 N–H and O–H groups in total. The number of halogens is 2. The van der Waals surface area contributed by atoms with Crippen LogP contribution >= 0.6 is 23.2 Å². The van der Waals surface area contributed by atoms with Crippen LogP contribution in [0, 0.1) is 0 Å². The first-order valence-electron chi connectivity index (χ1n) is 4.14. The molecule has 2 aromatic rings. The molecule has 1 aromatic heterocycles. The van der Waals surface area contributed by atoms with Gasteiger partial charge in [-0.25, -0.2) is 4.79 Å². The highest BCUT2D eigenvalue weighted by molar-refractivity contribution is 6.33. The van der Waals surface area contributed by atoms with E-state index in [1.165, 1.54) is 0 Å². The Morgan fingerprint density at radius 3 is 2.87 bits per heavy atom. The SMILES string of the molecule is O=c1[nH]c(Cc2cc(Cl)ccc2Cl)no1. The van der Waals surface area contributed by atoms with Gasteiger partial charge in [0.05, 0.1) is 0 Å². The van der Waals surface area contributed by atoms with E-state index < -0.39 is 5.76 Å². The molecule has 0 aliphatic heterocycles. The summed E-state index contributed by atoms with van der Waals surface area (Å²) in [5.74, 6) is -0.160. The van der Waals surface area contributed by atoms with E-state index in [2.05, 4.69) is 14.7 Å². The van der Waals surface area contributed by atoms with Crippen LogP contribution in [0.15, 0.2) is 27.5 Å². The van der Waals surface area contributed by atoms with Crippen LogP contribution in [0.3, 0.4) is 0 Å². The molecule has 0 amide bonds. The summed E-state index contributed by atoms with van der Waals surface area (Å²) in [5, 5.41) is 4.69. The molecule has 0 fully saturated rings. The minimum atomic E-state index is -0.580. The highest BCUT2D eigenvalue weighted by atomic mass is 35.5. The second-order valence-corrected chi connectivity index (χ2v) is 3.80. The van der Waals surface area contributed by atoms with Crippen molar-refractivity contribution < 1.29 is 4.52 Å². The van der Waals surface area contributed by atoms with Crippen LogP contribution in [0.1, 0.15) is 11.4 Å². The van der Waals surface area contributed by atoms with Crippen LogP contribution in [0.25, 0.3) is 0 Å². The third kappa shape index (κ3) is 2.40. The van der Waals surface area contributed by atoms with Gasteiger partial charge in [0.2, 0.25) is 0 Å². The van der Waals surface area contributed by atoms with Crippen molar-refractivity contribution in [2.75, 3.05) is 0 Å². The van der Waals surface area contributed by atoms with E-state index in [1.54, 1.807) is 18.2 Å². The summed E-state index contributed by atoms with van der Waals surface area (Å²) < 4.78 is 4.37. The first kappa shape index (κ1) is 10.3. The number of nitrogens with one attached hydrogen (secondary N) is 1. The lowest BCUT2D eigenvalue weighted by Gasteiger charge is -2.01. The van der Waals surface area contributed by atoms with Crippen molar-refractivity contribution in [3.05, 3.63) is 50.2 Å². The number of rotatable bonds is 2. The summed E-state index contributed by atoms with van der Waals surface area (Å²) in [7, 11) is 0. The Morgan fingerprint density at radius 1 is 1.40 bits per heavy atom. The number of hydrogen-bond acceptors (Lipinski definition) is 3. The van der Waals surface area contributed by atoms with Gasteiger partial charge in [0.25, 0.3) is 0 Å². The maximum absolute atomic E-state index is 10.7. The van der Waals surface area contributed by atoms with Gasteiger partial charge in [-0.3, -0.25) is 9.51 Å². The minimum absolute atomic E-state index is 0.380. The molecule has 0 unspecified atom stereocenters. The van der Waals surface area contributed by atoms with Gasteiger partial charge in [-0.2, -0.15) is 0 Å². The van der Waals surface area contributed by atoms with Gasteiger partial charge in [-0.1, -0.05) is 28.4 Å². The van der Waals surface area contributed by atoms with Crippen LogP contribution in [0.4, 0.5) is 0 Å². The Hall–Kier alpha value is -1.26. The largest absolute Gasteiger partial charge is 0.438 e. The molecule has 0 aliphatic rings. The minimum Gasteiger partial charge on any atom is -0.296 e. The van der Waals surface area contributed by atoms with E-state index >= 15 is 0 Å². The average molecular weight is 245 g/mol. The third-order valence-electron chi connectivity index (χ3n) is 1.85. The lowest BCUT2D eigenvalue weighted by molar-refractivity contribution is 0.382. The molecule has 0 atom stereocenters. The van der Waals surface area contributed by atoms with E-state index in [-0.39, 0.29) is 0 Å². The quantitative estimate of drug-likeness (QED) is 0.882. The van der Waals surface area contributed by atoms with Crippen molar-refractivity contribution in [2.45, 2.75) is 6.42 Å². The van der Waals surface area contributed by atoms with Gasteiger partial charge in [0.15, 0.2) is 5.82 Å². The maximum atomic E-state index is 10.7. The fourth-order valence-electron chi connectivity index (χ4n) is 1.20. The molecule has 0 aliphatic carbocycles. The molecule has 0 saturated heterocycles. The summed E-state index contributed by atoms with van der Waals surface area (Å²) >= 11 is 11.8. The van der Waals surface area contributed by atoms with Crippen molar-refractivity contribution in [3.63, 3.8) is 0 Å². The summed E-state index contributed by atoms with van der Waals surface area (Å²) in [4.78, 5) is 13.1. The third-order valence-corrected chi connectivity index (χ3v) is 2.45. The molecule has 0 bridgehead atoms. The van der Waals surface area contributed by atoms with Crippen LogP contribution in [0.2, 0.25) is 10.0 Å². The number of hydrogen-bond donors (Lipinski definition) is 1. The molecule has 0 radical (unpaired) electrons. The number of nitrogens with zero attached hydrogens (tertiary/aromatic N) is 1. The van der Waals surface area contributed by atoms with E-state index in [1.807, 2.05) is 0 Å². The normalized spacial score (nSPS) is 10.5. The Kier molecular flexibility index (Phi) is 2.79. The highest BCUT2D eigenvalue weighted by Crippen LogP contribution is 2.21. The smallest absolute Gasteiger partial charge is 0.296 e. The van der Waals surface area contributed by atoms with Crippen molar-refractivity contribution in [1.29, 1.82) is 0 Å². The molecule has 0 spiro atoms. The molecule has 2 rings (SSSR count). The van der Waals surface area contributed by atoms with E-state index in [0.717, 1.165) is 5.56 Å². The zero-order chi connectivity index (χ0) is 10.8. The summed E-state index contributed by atoms with van der Waals surface area (Å²) in [6.45, 7) is 0.